The molecule has 0 N–H and O–H groups in total. The fraction of sp³-hybridized carbons (Fsp3) is 0.714. The van der Waals surface area contributed by atoms with Crippen LogP contribution >= 0.6 is 0 Å². The summed E-state index contributed by atoms with van der Waals surface area (Å²) in [6, 6.07) is 8.90. The molecule has 0 aliphatic heterocycles. The highest BCUT2D eigenvalue weighted by Crippen LogP contribution is 2.17. The Morgan fingerprint density at radius 1 is 0.773 bits per heavy atom. The van der Waals surface area contributed by atoms with E-state index in [1.165, 1.54) is 82.0 Å². The summed E-state index contributed by atoms with van der Waals surface area (Å²) in [6.07, 6.45) is 14.1. The van der Waals surface area contributed by atoms with Crippen LogP contribution in [0.1, 0.15) is 83.6 Å². The Labute approximate surface area is 139 Å². The van der Waals surface area contributed by atoms with Crippen molar-refractivity contribution in [1.82, 2.24) is 0 Å². The van der Waals surface area contributed by atoms with Crippen LogP contribution in [0.4, 0.5) is 5.69 Å². The lowest BCUT2D eigenvalue weighted by atomic mass is 10.1. The molecule has 0 aliphatic carbocycles. The van der Waals surface area contributed by atoms with Crippen molar-refractivity contribution in [2.24, 2.45) is 0 Å². The highest BCUT2D eigenvalue weighted by molar-refractivity contribution is 5.48. The van der Waals surface area contributed by atoms with Gasteiger partial charge in [0.1, 0.15) is 0 Å². The van der Waals surface area contributed by atoms with Crippen molar-refractivity contribution >= 4 is 5.69 Å². The molecule has 0 aliphatic rings. The minimum absolute atomic E-state index is 1.11. The van der Waals surface area contributed by atoms with Gasteiger partial charge in [0.2, 0.25) is 0 Å². The van der Waals surface area contributed by atoms with E-state index in [9.17, 15) is 0 Å². The topological polar surface area (TPSA) is 3.24 Å². The summed E-state index contributed by atoms with van der Waals surface area (Å²) >= 11 is 0. The molecule has 1 nitrogen and oxygen atoms in total. The van der Waals surface area contributed by atoms with Gasteiger partial charge >= 0.3 is 0 Å². The first-order chi connectivity index (χ1) is 10.8. The Hall–Kier alpha value is -0.980. The normalized spacial score (nSPS) is 10.9. The van der Waals surface area contributed by atoms with Gasteiger partial charge in [-0.05, 0) is 38.0 Å². The first kappa shape index (κ1) is 19.1. The molecule has 0 spiro atoms. The van der Waals surface area contributed by atoms with Crippen molar-refractivity contribution in [3.63, 3.8) is 0 Å². The Kier molecular flexibility index (Phi) is 10.9. The molecule has 1 aromatic carbocycles. The van der Waals surface area contributed by atoms with Gasteiger partial charge in [0, 0.05) is 18.8 Å². The summed E-state index contributed by atoms with van der Waals surface area (Å²) in [4.78, 5) is 2.51. The highest BCUT2D eigenvalue weighted by atomic mass is 15.1. The largest absolute Gasteiger partial charge is 0.372 e. The van der Waals surface area contributed by atoms with Gasteiger partial charge in [-0.2, -0.15) is 0 Å². The summed E-state index contributed by atoms with van der Waals surface area (Å²) in [7, 11) is 0. The van der Waals surface area contributed by atoms with Crippen LogP contribution in [-0.2, 0) is 0 Å². The molecule has 1 aromatic rings. The maximum Gasteiger partial charge on any atom is 0.0368 e. The van der Waals surface area contributed by atoms with Gasteiger partial charge < -0.3 is 4.90 Å². The molecular formula is C21H37N. The molecule has 0 saturated carbocycles. The van der Waals surface area contributed by atoms with Crippen molar-refractivity contribution in [2.75, 3.05) is 18.0 Å². The lowest BCUT2D eigenvalue weighted by molar-refractivity contribution is 0.554. The molecule has 0 amide bonds. The molecular weight excluding hydrogens is 266 g/mol. The molecule has 126 valence electrons. The van der Waals surface area contributed by atoms with Crippen molar-refractivity contribution < 1.29 is 0 Å². The molecule has 0 unspecified atom stereocenters. The van der Waals surface area contributed by atoms with Gasteiger partial charge in [-0.15, -0.1) is 0 Å². The monoisotopic (exact) mass is 303 g/mol. The second-order valence-corrected chi connectivity index (χ2v) is 6.60. The fourth-order valence-corrected chi connectivity index (χ4v) is 3.08. The van der Waals surface area contributed by atoms with E-state index in [1.807, 2.05) is 0 Å². The Morgan fingerprint density at radius 3 is 1.91 bits per heavy atom. The number of anilines is 1. The third-order valence-corrected chi connectivity index (χ3v) is 4.53. The molecule has 0 heterocycles. The maximum absolute atomic E-state index is 2.51. The van der Waals surface area contributed by atoms with Crippen molar-refractivity contribution in [1.29, 1.82) is 0 Å². The third-order valence-electron chi connectivity index (χ3n) is 4.53. The molecule has 0 atom stereocenters. The number of aryl methyl sites for hydroxylation is 1. The van der Waals surface area contributed by atoms with Crippen LogP contribution < -0.4 is 4.90 Å². The zero-order chi connectivity index (χ0) is 16.0. The highest BCUT2D eigenvalue weighted by Gasteiger charge is 2.03. The van der Waals surface area contributed by atoms with Gasteiger partial charge in [-0.3, -0.25) is 0 Å². The summed E-state index contributed by atoms with van der Waals surface area (Å²) < 4.78 is 0. The first-order valence-corrected chi connectivity index (χ1v) is 9.59. The lowest BCUT2D eigenvalue weighted by Crippen LogP contribution is -2.23. The minimum atomic E-state index is 1.11. The smallest absolute Gasteiger partial charge is 0.0368 e. The van der Waals surface area contributed by atoms with E-state index in [0.29, 0.717) is 0 Å². The molecule has 0 aromatic heterocycles. The molecule has 0 radical (unpaired) electrons. The number of benzene rings is 1. The van der Waals surface area contributed by atoms with Crippen molar-refractivity contribution in [3.8, 4) is 0 Å². The van der Waals surface area contributed by atoms with E-state index in [2.05, 4.69) is 49.9 Å². The van der Waals surface area contributed by atoms with Crippen molar-refractivity contribution in [2.45, 2.75) is 85.0 Å². The predicted octanol–water partition coefficient (Wildman–Crippen LogP) is 6.74. The second-order valence-electron chi connectivity index (χ2n) is 6.60. The van der Waals surface area contributed by atoms with Crippen LogP contribution in [-0.4, -0.2) is 13.1 Å². The fourth-order valence-electron chi connectivity index (χ4n) is 3.08. The maximum atomic E-state index is 2.51. The third kappa shape index (κ3) is 8.46. The van der Waals surface area contributed by atoms with Gasteiger partial charge in [-0.1, -0.05) is 76.8 Å². The molecule has 0 fully saturated rings. The number of nitrogens with zero attached hydrogens (tertiary/aromatic N) is 1. The number of hydrogen-bond acceptors (Lipinski definition) is 1. The number of rotatable bonds is 13. The first-order valence-electron chi connectivity index (χ1n) is 9.59. The average molecular weight is 304 g/mol. The average Bonchev–Trinajstić information content (AvgIpc) is 2.53. The quantitative estimate of drug-likeness (QED) is 0.365. The van der Waals surface area contributed by atoms with E-state index < -0.39 is 0 Å². The summed E-state index contributed by atoms with van der Waals surface area (Å²) in [5, 5.41) is 0. The summed E-state index contributed by atoms with van der Waals surface area (Å²) in [5.41, 5.74) is 2.75. The van der Waals surface area contributed by atoms with Crippen LogP contribution in [0.5, 0.6) is 0 Å². The predicted molar refractivity (Wildman–Crippen MR) is 101 cm³/mol. The van der Waals surface area contributed by atoms with Crippen molar-refractivity contribution in [3.05, 3.63) is 29.8 Å². The Balaban J connectivity index is 2.05. The van der Waals surface area contributed by atoms with Gasteiger partial charge in [0.05, 0.1) is 0 Å². The van der Waals surface area contributed by atoms with Crippen LogP contribution in [0, 0.1) is 6.92 Å². The zero-order valence-corrected chi connectivity index (χ0v) is 15.2. The van der Waals surface area contributed by atoms with Gasteiger partial charge in [-0.25, -0.2) is 0 Å². The van der Waals surface area contributed by atoms with E-state index in [4.69, 9.17) is 0 Å². The second kappa shape index (κ2) is 12.6. The van der Waals surface area contributed by atoms with Crippen LogP contribution in [0.25, 0.3) is 0 Å². The van der Waals surface area contributed by atoms with E-state index >= 15 is 0 Å². The Bertz CT molecular complexity index is 372. The molecule has 1 heteroatoms. The standard InChI is InChI=1S/C21H37N/c1-4-6-7-8-9-10-11-12-13-14-18-22(5-2)21-17-15-16-20(3)19-21/h15-17,19H,4-14,18H2,1-3H3. The van der Waals surface area contributed by atoms with Crippen LogP contribution in [0.15, 0.2) is 24.3 Å². The minimum Gasteiger partial charge on any atom is -0.372 e. The molecule has 0 bridgehead atoms. The van der Waals surface area contributed by atoms with Crippen LogP contribution in [0.3, 0.4) is 0 Å². The van der Waals surface area contributed by atoms with E-state index in [0.717, 1.165) is 6.54 Å². The molecule has 1 rings (SSSR count). The lowest BCUT2D eigenvalue weighted by Gasteiger charge is -2.23. The zero-order valence-electron chi connectivity index (χ0n) is 15.2. The van der Waals surface area contributed by atoms with E-state index in [1.54, 1.807) is 0 Å². The molecule has 22 heavy (non-hydrogen) atoms. The molecule has 0 saturated heterocycles. The summed E-state index contributed by atoms with van der Waals surface area (Å²) in [5.74, 6) is 0. The van der Waals surface area contributed by atoms with Crippen LogP contribution in [0.2, 0.25) is 0 Å². The number of unbranched alkanes of at least 4 members (excludes halogenated alkanes) is 9. The van der Waals surface area contributed by atoms with Gasteiger partial charge in [0.15, 0.2) is 0 Å². The van der Waals surface area contributed by atoms with Gasteiger partial charge in [0.25, 0.3) is 0 Å². The number of hydrogen-bond donors (Lipinski definition) is 0. The Morgan fingerprint density at radius 2 is 1.36 bits per heavy atom. The SMILES string of the molecule is CCCCCCCCCCCCN(CC)c1cccc(C)c1. The van der Waals surface area contributed by atoms with E-state index in [-0.39, 0.29) is 0 Å². The summed E-state index contributed by atoms with van der Waals surface area (Å²) in [6.45, 7) is 9.05.